The number of hydrogen-bond acceptors (Lipinski definition) is 3. The molecule has 0 aliphatic heterocycles. The average Bonchev–Trinajstić information content (AvgIpc) is 2.78. The van der Waals surface area contributed by atoms with Gasteiger partial charge < -0.3 is 15.7 Å². The molecule has 0 saturated carbocycles. The van der Waals surface area contributed by atoms with E-state index in [0.717, 1.165) is 28.2 Å². The summed E-state index contributed by atoms with van der Waals surface area (Å²) in [5.41, 5.74) is 7.92. The van der Waals surface area contributed by atoms with Crippen LogP contribution < -0.4 is 10.6 Å². The molecule has 4 aromatic rings. The van der Waals surface area contributed by atoms with Crippen LogP contribution in [0.5, 0.6) is 0 Å². The SMILES string of the molecule is Cc1ccccc1-c1cc(Cl)c(Nc2ccc(Nc3ccccc3C(=O)O)cc2)cc1C. The summed E-state index contributed by atoms with van der Waals surface area (Å²) in [5, 5.41) is 16.5. The van der Waals surface area contributed by atoms with Gasteiger partial charge in [0, 0.05) is 11.4 Å². The van der Waals surface area contributed by atoms with Crippen molar-refractivity contribution in [2.45, 2.75) is 13.8 Å². The van der Waals surface area contributed by atoms with E-state index in [1.165, 1.54) is 11.1 Å². The largest absolute Gasteiger partial charge is 0.478 e. The van der Waals surface area contributed by atoms with Crippen molar-refractivity contribution in [3.63, 3.8) is 0 Å². The van der Waals surface area contributed by atoms with Crippen molar-refractivity contribution in [2.24, 2.45) is 0 Å². The Balaban J connectivity index is 1.54. The zero-order valence-electron chi connectivity index (χ0n) is 17.8. The lowest BCUT2D eigenvalue weighted by Gasteiger charge is -2.15. The minimum absolute atomic E-state index is 0.228. The van der Waals surface area contributed by atoms with Gasteiger partial charge in [-0.05, 0) is 84.6 Å². The molecule has 0 fully saturated rings. The van der Waals surface area contributed by atoms with E-state index in [9.17, 15) is 9.90 Å². The predicted molar refractivity (Wildman–Crippen MR) is 133 cm³/mol. The van der Waals surface area contributed by atoms with E-state index < -0.39 is 5.97 Å². The molecule has 0 heterocycles. The van der Waals surface area contributed by atoms with Crippen LogP contribution in [-0.4, -0.2) is 11.1 Å². The van der Waals surface area contributed by atoms with Crippen molar-refractivity contribution in [1.29, 1.82) is 0 Å². The number of rotatable bonds is 6. The van der Waals surface area contributed by atoms with Crippen LogP contribution in [0.2, 0.25) is 5.02 Å². The minimum atomic E-state index is -0.967. The summed E-state index contributed by atoms with van der Waals surface area (Å²) < 4.78 is 0. The van der Waals surface area contributed by atoms with Crippen molar-refractivity contribution < 1.29 is 9.90 Å². The number of carboxylic acid groups (broad SMARTS) is 1. The van der Waals surface area contributed by atoms with Crippen LogP contribution in [0.4, 0.5) is 22.7 Å². The van der Waals surface area contributed by atoms with Crippen LogP contribution in [0.1, 0.15) is 21.5 Å². The molecule has 160 valence electrons. The molecule has 0 atom stereocenters. The molecular weight excluding hydrogens is 420 g/mol. The number of hydrogen-bond donors (Lipinski definition) is 3. The molecule has 0 unspecified atom stereocenters. The Morgan fingerprint density at radius 3 is 1.97 bits per heavy atom. The van der Waals surface area contributed by atoms with Gasteiger partial charge in [-0.15, -0.1) is 0 Å². The van der Waals surface area contributed by atoms with Gasteiger partial charge in [0.05, 0.1) is 22.0 Å². The topological polar surface area (TPSA) is 61.4 Å². The van der Waals surface area contributed by atoms with Gasteiger partial charge in [-0.3, -0.25) is 0 Å². The lowest BCUT2D eigenvalue weighted by molar-refractivity contribution is 0.0698. The van der Waals surface area contributed by atoms with Crippen LogP contribution in [0.15, 0.2) is 84.9 Å². The van der Waals surface area contributed by atoms with Gasteiger partial charge in [-0.1, -0.05) is 48.0 Å². The third-order valence-electron chi connectivity index (χ3n) is 5.35. The zero-order chi connectivity index (χ0) is 22.7. The van der Waals surface area contributed by atoms with E-state index in [1.807, 2.05) is 42.5 Å². The first-order valence-electron chi connectivity index (χ1n) is 10.2. The summed E-state index contributed by atoms with van der Waals surface area (Å²) in [6, 6.07) is 26.8. The summed E-state index contributed by atoms with van der Waals surface area (Å²) in [6.07, 6.45) is 0. The first-order valence-corrected chi connectivity index (χ1v) is 10.6. The standard InChI is InChI=1S/C27H23ClN2O2/c1-17-7-3-4-8-21(17)23-16-24(28)26(15-18(23)2)30-20-13-11-19(12-14-20)29-25-10-6-5-9-22(25)27(31)32/h3-16,29-30H,1-2H3,(H,31,32). The number of nitrogens with one attached hydrogen (secondary N) is 2. The van der Waals surface area contributed by atoms with Crippen molar-refractivity contribution in [3.05, 3.63) is 107 Å². The second-order valence-electron chi connectivity index (χ2n) is 7.64. The highest BCUT2D eigenvalue weighted by Crippen LogP contribution is 2.35. The number of benzene rings is 4. The number of aromatic carboxylic acids is 1. The van der Waals surface area contributed by atoms with Crippen molar-refractivity contribution in [1.82, 2.24) is 0 Å². The van der Waals surface area contributed by atoms with Crippen LogP contribution in [-0.2, 0) is 0 Å². The molecular formula is C27H23ClN2O2. The Labute approximate surface area is 192 Å². The Morgan fingerprint density at radius 2 is 1.31 bits per heavy atom. The molecule has 4 rings (SSSR count). The normalized spacial score (nSPS) is 10.6. The van der Waals surface area contributed by atoms with Gasteiger partial charge in [-0.25, -0.2) is 4.79 Å². The fraction of sp³-hybridized carbons (Fsp3) is 0.0741. The summed E-state index contributed by atoms with van der Waals surface area (Å²) in [4.78, 5) is 11.4. The Kier molecular flexibility index (Phi) is 6.15. The zero-order valence-corrected chi connectivity index (χ0v) is 18.6. The lowest BCUT2D eigenvalue weighted by atomic mass is 9.96. The van der Waals surface area contributed by atoms with E-state index in [0.29, 0.717) is 10.7 Å². The predicted octanol–water partition coefficient (Wildman–Crippen LogP) is 7.81. The van der Waals surface area contributed by atoms with E-state index in [4.69, 9.17) is 11.6 Å². The van der Waals surface area contributed by atoms with Crippen molar-refractivity contribution in [3.8, 4) is 11.1 Å². The van der Waals surface area contributed by atoms with Gasteiger partial charge in [0.25, 0.3) is 0 Å². The molecule has 0 aromatic heterocycles. The molecule has 3 N–H and O–H groups in total. The highest BCUT2D eigenvalue weighted by Gasteiger charge is 2.11. The molecule has 4 aromatic carbocycles. The maximum Gasteiger partial charge on any atom is 0.337 e. The minimum Gasteiger partial charge on any atom is -0.478 e. The van der Waals surface area contributed by atoms with Crippen LogP contribution >= 0.6 is 11.6 Å². The van der Waals surface area contributed by atoms with Gasteiger partial charge in [0.15, 0.2) is 0 Å². The van der Waals surface area contributed by atoms with Crippen molar-refractivity contribution >= 4 is 40.3 Å². The Bertz CT molecular complexity index is 1280. The quantitative estimate of drug-likeness (QED) is 0.285. The molecule has 0 amide bonds. The fourth-order valence-corrected chi connectivity index (χ4v) is 3.88. The Morgan fingerprint density at radius 1 is 0.719 bits per heavy atom. The van der Waals surface area contributed by atoms with Gasteiger partial charge >= 0.3 is 5.97 Å². The number of anilines is 4. The monoisotopic (exact) mass is 442 g/mol. The van der Waals surface area contributed by atoms with Crippen molar-refractivity contribution in [2.75, 3.05) is 10.6 Å². The second kappa shape index (κ2) is 9.16. The summed E-state index contributed by atoms with van der Waals surface area (Å²) in [5.74, 6) is -0.967. The number of carboxylic acids is 1. The van der Waals surface area contributed by atoms with E-state index in [1.54, 1.807) is 24.3 Å². The maximum atomic E-state index is 11.4. The Hall–Kier alpha value is -3.76. The first-order chi connectivity index (χ1) is 15.4. The molecule has 0 aliphatic carbocycles. The van der Waals surface area contributed by atoms with Crippen LogP contribution in [0.25, 0.3) is 11.1 Å². The fourth-order valence-electron chi connectivity index (χ4n) is 3.67. The third kappa shape index (κ3) is 4.61. The van der Waals surface area contributed by atoms with E-state index in [-0.39, 0.29) is 5.56 Å². The highest BCUT2D eigenvalue weighted by atomic mass is 35.5. The molecule has 0 saturated heterocycles. The van der Waals surface area contributed by atoms with Gasteiger partial charge in [0.1, 0.15) is 0 Å². The van der Waals surface area contributed by atoms with E-state index >= 15 is 0 Å². The average molecular weight is 443 g/mol. The number of carbonyl (C=O) groups is 1. The molecule has 4 nitrogen and oxygen atoms in total. The number of aryl methyl sites for hydroxylation is 2. The lowest BCUT2D eigenvalue weighted by Crippen LogP contribution is -2.02. The highest BCUT2D eigenvalue weighted by molar-refractivity contribution is 6.33. The smallest absolute Gasteiger partial charge is 0.337 e. The van der Waals surface area contributed by atoms with Gasteiger partial charge in [0.2, 0.25) is 0 Å². The number of para-hydroxylation sites is 1. The molecule has 0 bridgehead atoms. The maximum absolute atomic E-state index is 11.4. The molecule has 5 heteroatoms. The van der Waals surface area contributed by atoms with E-state index in [2.05, 4.69) is 42.7 Å². The van der Waals surface area contributed by atoms with Crippen LogP contribution in [0.3, 0.4) is 0 Å². The third-order valence-corrected chi connectivity index (χ3v) is 5.66. The summed E-state index contributed by atoms with van der Waals surface area (Å²) >= 11 is 6.61. The second-order valence-corrected chi connectivity index (χ2v) is 8.05. The molecule has 0 spiro atoms. The number of halogens is 1. The van der Waals surface area contributed by atoms with Crippen LogP contribution in [0, 0.1) is 13.8 Å². The molecule has 0 radical (unpaired) electrons. The molecule has 0 aliphatic rings. The van der Waals surface area contributed by atoms with Gasteiger partial charge in [-0.2, -0.15) is 0 Å². The summed E-state index contributed by atoms with van der Waals surface area (Å²) in [6.45, 7) is 4.18. The molecule has 32 heavy (non-hydrogen) atoms. The summed E-state index contributed by atoms with van der Waals surface area (Å²) in [7, 11) is 0. The first kappa shape index (κ1) is 21.5.